The van der Waals surface area contributed by atoms with Crippen LogP contribution in [0.4, 0.5) is 0 Å². The average Bonchev–Trinajstić information content (AvgIpc) is 2.76. The molecule has 1 aromatic carbocycles. The summed E-state index contributed by atoms with van der Waals surface area (Å²) >= 11 is 18.6. The van der Waals surface area contributed by atoms with Crippen molar-refractivity contribution in [3.05, 3.63) is 52.2 Å². The Bertz CT molecular complexity index is 866. The van der Waals surface area contributed by atoms with Crippen molar-refractivity contribution in [1.29, 1.82) is 0 Å². The van der Waals surface area contributed by atoms with Crippen LogP contribution in [0.5, 0.6) is 0 Å². The quantitative estimate of drug-likeness (QED) is 0.570. The van der Waals surface area contributed by atoms with Crippen LogP contribution in [0.3, 0.4) is 0 Å². The van der Waals surface area contributed by atoms with Gasteiger partial charge in [0.1, 0.15) is 10.2 Å². The summed E-state index contributed by atoms with van der Waals surface area (Å²) in [5.41, 5.74) is 1.28. The number of halogens is 3. The summed E-state index contributed by atoms with van der Waals surface area (Å²) in [6.07, 6.45) is 0. The molecule has 0 radical (unpaired) electrons. The summed E-state index contributed by atoms with van der Waals surface area (Å²) in [5, 5.41) is 0.428. The van der Waals surface area contributed by atoms with Gasteiger partial charge in [-0.3, -0.25) is 0 Å². The SMILES string of the molecule is Cc1c(-c2ccccc2)sc2nc(C(Cl)(Cl)Cl)oc(=O)c12. The number of aryl methyl sites for hydroxylation is 1. The Kier molecular flexibility index (Phi) is 3.74. The predicted molar refractivity (Wildman–Crippen MR) is 87.6 cm³/mol. The largest absolute Gasteiger partial charge is 0.403 e. The molecule has 21 heavy (non-hydrogen) atoms. The highest BCUT2D eigenvalue weighted by Gasteiger charge is 2.30. The Labute approximate surface area is 139 Å². The fourth-order valence-electron chi connectivity index (χ4n) is 2.06. The smallest absolute Gasteiger partial charge is 0.348 e. The zero-order valence-corrected chi connectivity index (χ0v) is 13.8. The van der Waals surface area contributed by atoms with Crippen molar-refractivity contribution < 1.29 is 4.42 Å². The fraction of sp³-hybridized carbons (Fsp3) is 0.143. The van der Waals surface area contributed by atoms with Crippen molar-refractivity contribution >= 4 is 56.4 Å². The molecule has 7 heteroatoms. The average molecular weight is 361 g/mol. The highest BCUT2D eigenvalue weighted by molar-refractivity contribution is 7.22. The van der Waals surface area contributed by atoms with Crippen LogP contribution in [-0.4, -0.2) is 4.98 Å². The molecule has 0 saturated heterocycles. The molecule has 3 aromatic rings. The highest BCUT2D eigenvalue weighted by Crippen LogP contribution is 2.40. The molecule has 0 aliphatic rings. The van der Waals surface area contributed by atoms with Crippen LogP contribution in [-0.2, 0) is 3.79 Å². The molecule has 0 fully saturated rings. The van der Waals surface area contributed by atoms with Crippen molar-refractivity contribution in [1.82, 2.24) is 4.98 Å². The van der Waals surface area contributed by atoms with E-state index in [1.807, 2.05) is 37.3 Å². The summed E-state index contributed by atoms with van der Waals surface area (Å²) in [5.74, 6) is -0.217. The number of nitrogens with zero attached hydrogens (tertiary/aromatic N) is 1. The van der Waals surface area contributed by atoms with Gasteiger partial charge in [-0.05, 0) is 18.1 Å². The first-order valence-electron chi connectivity index (χ1n) is 5.95. The maximum atomic E-state index is 12.1. The molecule has 0 atom stereocenters. The zero-order chi connectivity index (χ0) is 15.2. The van der Waals surface area contributed by atoms with Crippen molar-refractivity contribution in [2.75, 3.05) is 0 Å². The minimum Gasteiger partial charge on any atom is -0.403 e. The summed E-state index contributed by atoms with van der Waals surface area (Å²) < 4.78 is 3.17. The first-order chi connectivity index (χ1) is 9.88. The van der Waals surface area contributed by atoms with E-state index in [4.69, 9.17) is 39.2 Å². The molecule has 2 heterocycles. The number of hydrogen-bond acceptors (Lipinski definition) is 4. The van der Waals surface area contributed by atoms with Gasteiger partial charge in [0, 0.05) is 4.88 Å². The molecular weight excluding hydrogens is 353 g/mol. The van der Waals surface area contributed by atoms with E-state index in [0.717, 1.165) is 16.0 Å². The van der Waals surface area contributed by atoms with E-state index < -0.39 is 9.42 Å². The number of rotatable bonds is 1. The lowest BCUT2D eigenvalue weighted by Gasteiger charge is -2.06. The summed E-state index contributed by atoms with van der Waals surface area (Å²) in [6, 6.07) is 9.73. The topological polar surface area (TPSA) is 43.1 Å². The van der Waals surface area contributed by atoms with Crippen LogP contribution in [0.15, 0.2) is 39.5 Å². The molecule has 3 nitrogen and oxygen atoms in total. The molecule has 0 aliphatic heterocycles. The van der Waals surface area contributed by atoms with Crippen molar-refractivity contribution in [3.63, 3.8) is 0 Å². The van der Waals surface area contributed by atoms with Gasteiger partial charge in [0.15, 0.2) is 0 Å². The van der Waals surface area contributed by atoms with Gasteiger partial charge in [-0.25, -0.2) is 9.78 Å². The van der Waals surface area contributed by atoms with Gasteiger partial charge in [0.2, 0.25) is 0 Å². The molecule has 0 saturated carbocycles. The predicted octanol–water partition coefficient (Wildman–Crippen LogP) is 5.05. The Morgan fingerprint density at radius 1 is 1.19 bits per heavy atom. The van der Waals surface area contributed by atoms with Crippen LogP contribution >= 0.6 is 46.1 Å². The van der Waals surface area contributed by atoms with E-state index in [1.54, 1.807) is 0 Å². The Morgan fingerprint density at radius 3 is 2.48 bits per heavy atom. The maximum Gasteiger partial charge on any atom is 0.348 e. The maximum absolute atomic E-state index is 12.1. The van der Waals surface area contributed by atoms with Crippen molar-refractivity contribution in [2.24, 2.45) is 0 Å². The molecule has 0 bridgehead atoms. The second kappa shape index (κ2) is 5.29. The highest BCUT2D eigenvalue weighted by atomic mass is 35.6. The third kappa shape index (κ3) is 2.69. The molecule has 0 aliphatic carbocycles. The molecule has 0 N–H and O–H groups in total. The number of fused-ring (bicyclic) bond motifs is 1. The molecule has 0 spiro atoms. The number of aromatic nitrogens is 1. The Balaban J connectivity index is 2.30. The van der Waals surface area contributed by atoms with E-state index in [-0.39, 0.29) is 5.89 Å². The van der Waals surface area contributed by atoms with E-state index >= 15 is 0 Å². The summed E-state index contributed by atoms with van der Waals surface area (Å²) in [7, 11) is 0. The third-order valence-corrected chi connectivity index (χ3v) is 4.72. The number of alkyl halides is 3. The normalized spacial score (nSPS) is 12.0. The lowest BCUT2D eigenvalue weighted by molar-refractivity contribution is 0.451. The number of thiophene rings is 1. The summed E-state index contributed by atoms with van der Waals surface area (Å²) in [4.78, 5) is 17.8. The van der Waals surface area contributed by atoms with Crippen LogP contribution in [0.1, 0.15) is 11.5 Å². The van der Waals surface area contributed by atoms with Crippen LogP contribution in [0.2, 0.25) is 0 Å². The van der Waals surface area contributed by atoms with E-state index in [2.05, 4.69) is 4.98 Å². The second-order valence-corrected chi connectivity index (χ2v) is 7.69. The fourth-order valence-corrected chi connectivity index (χ4v) is 3.47. The van der Waals surface area contributed by atoms with Crippen molar-refractivity contribution in [3.8, 4) is 10.4 Å². The molecule has 0 amide bonds. The number of hydrogen-bond donors (Lipinski definition) is 0. The van der Waals surface area contributed by atoms with Crippen molar-refractivity contribution in [2.45, 2.75) is 10.7 Å². The van der Waals surface area contributed by atoms with Gasteiger partial charge in [0.25, 0.3) is 9.68 Å². The lowest BCUT2D eigenvalue weighted by atomic mass is 10.1. The number of benzene rings is 1. The standard InChI is InChI=1S/C14H8Cl3NO2S/c1-7-9-11(18-13(14(15,16)17)20-12(9)19)21-10(7)8-5-3-2-4-6-8/h2-6H,1H3. The molecule has 3 rings (SSSR count). The first-order valence-corrected chi connectivity index (χ1v) is 7.90. The van der Waals surface area contributed by atoms with Gasteiger partial charge in [0.05, 0.1) is 0 Å². The lowest BCUT2D eigenvalue weighted by Crippen LogP contribution is -2.10. The first kappa shape index (κ1) is 14.9. The van der Waals surface area contributed by atoms with Gasteiger partial charge in [-0.1, -0.05) is 65.1 Å². The minimum absolute atomic E-state index is 0.217. The monoisotopic (exact) mass is 359 g/mol. The molecule has 0 unspecified atom stereocenters. The van der Waals surface area contributed by atoms with Gasteiger partial charge in [-0.2, -0.15) is 0 Å². The van der Waals surface area contributed by atoms with Gasteiger partial charge >= 0.3 is 5.63 Å². The van der Waals surface area contributed by atoms with E-state index in [1.165, 1.54) is 11.3 Å². The zero-order valence-electron chi connectivity index (χ0n) is 10.7. The van der Waals surface area contributed by atoms with Crippen LogP contribution in [0.25, 0.3) is 20.7 Å². The molecule has 2 aromatic heterocycles. The van der Waals surface area contributed by atoms with Gasteiger partial charge < -0.3 is 4.42 Å². The van der Waals surface area contributed by atoms with Crippen LogP contribution < -0.4 is 5.63 Å². The van der Waals surface area contributed by atoms with E-state index in [9.17, 15) is 4.79 Å². The van der Waals surface area contributed by atoms with Crippen LogP contribution in [0, 0.1) is 6.92 Å². The second-order valence-electron chi connectivity index (χ2n) is 4.41. The third-order valence-electron chi connectivity index (χ3n) is 3.00. The van der Waals surface area contributed by atoms with E-state index in [0.29, 0.717) is 10.2 Å². The van der Waals surface area contributed by atoms with Gasteiger partial charge in [-0.15, -0.1) is 11.3 Å². The Morgan fingerprint density at radius 2 is 1.86 bits per heavy atom. The summed E-state index contributed by atoms with van der Waals surface area (Å²) in [6.45, 7) is 1.86. The molecule has 108 valence electrons. The Hall–Kier alpha value is -1.07. The minimum atomic E-state index is -1.86. The molecular formula is C14H8Cl3NO2S.